The Morgan fingerprint density at radius 1 is 1.12 bits per heavy atom. The van der Waals surface area contributed by atoms with E-state index >= 15 is 0 Å². The molecular formula is C19H14ClN3OS. The molecule has 0 atom stereocenters. The van der Waals surface area contributed by atoms with E-state index in [-0.39, 0.29) is 0 Å². The first-order chi connectivity index (χ1) is 12.1. The smallest absolute Gasteiger partial charge is 0.223 e. The summed E-state index contributed by atoms with van der Waals surface area (Å²) in [5.41, 5.74) is 2.44. The molecule has 6 heteroatoms. The largest absolute Gasteiger partial charge is 0.439 e. The third-order valence-electron chi connectivity index (χ3n) is 3.34. The highest BCUT2D eigenvalue weighted by Crippen LogP contribution is 2.26. The summed E-state index contributed by atoms with van der Waals surface area (Å²) in [5, 5.41) is 10.4. The van der Waals surface area contributed by atoms with Gasteiger partial charge in [-0.2, -0.15) is 10.2 Å². The number of nitriles is 1. The molecule has 0 bridgehead atoms. The van der Waals surface area contributed by atoms with Crippen LogP contribution in [0, 0.1) is 18.3 Å². The zero-order valence-corrected chi connectivity index (χ0v) is 15.0. The summed E-state index contributed by atoms with van der Waals surface area (Å²) in [6.07, 6.45) is 0. The maximum atomic E-state index is 9.17. The molecule has 3 aromatic rings. The first kappa shape index (κ1) is 17.3. The van der Waals surface area contributed by atoms with Crippen LogP contribution in [0.15, 0.2) is 59.8 Å². The summed E-state index contributed by atoms with van der Waals surface area (Å²) < 4.78 is 5.78. The maximum Gasteiger partial charge on any atom is 0.223 e. The molecule has 0 N–H and O–H groups in total. The second kappa shape index (κ2) is 8.02. The molecule has 124 valence electrons. The lowest BCUT2D eigenvalue weighted by Gasteiger charge is -2.08. The normalized spacial score (nSPS) is 10.3. The number of aromatic nitrogens is 2. The fraction of sp³-hybridized carbons (Fsp3) is 0.105. The molecule has 0 unspecified atom stereocenters. The summed E-state index contributed by atoms with van der Waals surface area (Å²) in [7, 11) is 0. The van der Waals surface area contributed by atoms with E-state index in [0.717, 1.165) is 11.3 Å². The number of benzene rings is 2. The van der Waals surface area contributed by atoms with Crippen molar-refractivity contribution in [2.45, 2.75) is 17.8 Å². The number of hydrogen-bond acceptors (Lipinski definition) is 5. The number of hydrogen-bond donors (Lipinski definition) is 0. The van der Waals surface area contributed by atoms with Crippen LogP contribution in [-0.4, -0.2) is 9.97 Å². The zero-order chi connectivity index (χ0) is 17.6. The molecule has 0 saturated heterocycles. The van der Waals surface area contributed by atoms with Gasteiger partial charge in [-0.15, -0.1) is 0 Å². The molecule has 4 nitrogen and oxygen atoms in total. The fourth-order valence-corrected chi connectivity index (χ4v) is 3.18. The lowest BCUT2D eigenvalue weighted by atomic mass is 10.1. The van der Waals surface area contributed by atoms with Crippen LogP contribution >= 0.6 is 23.4 Å². The van der Waals surface area contributed by atoms with E-state index in [1.165, 1.54) is 11.8 Å². The molecule has 1 aromatic heterocycles. The lowest BCUT2D eigenvalue weighted by molar-refractivity contribution is 0.454. The Hall–Kier alpha value is -2.55. The van der Waals surface area contributed by atoms with Gasteiger partial charge in [0, 0.05) is 22.5 Å². The third kappa shape index (κ3) is 4.72. The van der Waals surface area contributed by atoms with E-state index in [9.17, 15) is 0 Å². The Morgan fingerprint density at radius 3 is 2.64 bits per heavy atom. The number of ether oxygens (including phenoxy) is 1. The molecule has 0 aliphatic carbocycles. The molecule has 0 radical (unpaired) electrons. The van der Waals surface area contributed by atoms with Gasteiger partial charge in [0.2, 0.25) is 5.88 Å². The number of thioether (sulfide) groups is 1. The van der Waals surface area contributed by atoms with Gasteiger partial charge < -0.3 is 4.74 Å². The Bertz CT molecular complexity index is 923. The van der Waals surface area contributed by atoms with Gasteiger partial charge in [-0.3, -0.25) is 0 Å². The van der Waals surface area contributed by atoms with Crippen LogP contribution in [0.25, 0.3) is 0 Å². The lowest BCUT2D eigenvalue weighted by Crippen LogP contribution is -1.96. The molecule has 2 aromatic carbocycles. The van der Waals surface area contributed by atoms with Gasteiger partial charge in [0.15, 0.2) is 5.16 Å². The van der Waals surface area contributed by atoms with Gasteiger partial charge in [-0.1, -0.05) is 41.6 Å². The van der Waals surface area contributed by atoms with Gasteiger partial charge in [-0.05, 0) is 42.8 Å². The monoisotopic (exact) mass is 367 g/mol. The third-order valence-corrected chi connectivity index (χ3v) is 4.49. The highest BCUT2D eigenvalue weighted by Gasteiger charge is 2.08. The molecule has 25 heavy (non-hydrogen) atoms. The van der Waals surface area contributed by atoms with Crippen molar-refractivity contribution in [1.82, 2.24) is 9.97 Å². The average molecular weight is 368 g/mol. The van der Waals surface area contributed by atoms with Crippen LogP contribution in [0.3, 0.4) is 0 Å². The maximum absolute atomic E-state index is 9.17. The van der Waals surface area contributed by atoms with E-state index in [1.807, 2.05) is 31.2 Å². The van der Waals surface area contributed by atoms with Crippen LogP contribution in [-0.2, 0) is 5.75 Å². The van der Waals surface area contributed by atoms with E-state index < -0.39 is 0 Å². The van der Waals surface area contributed by atoms with Gasteiger partial charge in [-0.25, -0.2) is 4.98 Å². The molecule has 0 amide bonds. The van der Waals surface area contributed by atoms with Crippen LogP contribution in [0.2, 0.25) is 5.02 Å². The van der Waals surface area contributed by atoms with E-state index in [2.05, 4.69) is 16.0 Å². The summed E-state index contributed by atoms with van der Waals surface area (Å²) in [4.78, 5) is 8.86. The minimum absolute atomic E-state index is 0.478. The van der Waals surface area contributed by atoms with Crippen LogP contribution in [0.1, 0.15) is 16.8 Å². The molecule has 0 saturated carbocycles. The van der Waals surface area contributed by atoms with Crippen molar-refractivity contribution >= 4 is 23.4 Å². The van der Waals surface area contributed by atoms with Crippen LogP contribution in [0.4, 0.5) is 0 Å². The molecule has 0 aliphatic rings. The van der Waals surface area contributed by atoms with Crippen LogP contribution in [0.5, 0.6) is 11.6 Å². The first-order valence-electron chi connectivity index (χ1n) is 7.54. The summed E-state index contributed by atoms with van der Waals surface area (Å²) in [5.74, 6) is 1.76. The van der Waals surface area contributed by atoms with Crippen molar-refractivity contribution in [1.29, 1.82) is 5.26 Å². The van der Waals surface area contributed by atoms with E-state index in [0.29, 0.717) is 33.1 Å². The van der Waals surface area contributed by atoms with Crippen molar-refractivity contribution in [2.24, 2.45) is 0 Å². The quantitative estimate of drug-likeness (QED) is 0.446. The highest BCUT2D eigenvalue weighted by atomic mass is 35.5. The fourth-order valence-electron chi connectivity index (χ4n) is 2.15. The number of nitrogens with zero attached hydrogens (tertiary/aromatic N) is 3. The molecule has 0 spiro atoms. The topological polar surface area (TPSA) is 58.8 Å². The highest BCUT2D eigenvalue weighted by molar-refractivity contribution is 7.98. The molecular weight excluding hydrogens is 354 g/mol. The number of aryl methyl sites for hydroxylation is 1. The average Bonchev–Trinajstić information content (AvgIpc) is 2.62. The summed E-state index contributed by atoms with van der Waals surface area (Å²) >= 11 is 7.35. The first-order valence-corrected chi connectivity index (χ1v) is 8.90. The van der Waals surface area contributed by atoms with Crippen molar-refractivity contribution in [3.05, 3.63) is 76.4 Å². The summed E-state index contributed by atoms with van der Waals surface area (Å²) in [6, 6.07) is 18.6. The van der Waals surface area contributed by atoms with E-state index in [1.54, 1.807) is 30.3 Å². The summed E-state index contributed by atoms with van der Waals surface area (Å²) in [6.45, 7) is 1.89. The second-order valence-electron chi connectivity index (χ2n) is 5.24. The molecule has 0 aliphatic heterocycles. The van der Waals surface area contributed by atoms with Crippen LogP contribution < -0.4 is 4.74 Å². The Kier molecular flexibility index (Phi) is 5.54. The number of rotatable bonds is 5. The second-order valence-corrected chi connectivity index (χ2v) is 6.62. The minimum Gasteiger partial charge on any atom is -0.439 e. The zero-order valence-electron chi connectivity index (χ0n) is 13.4. The predicted octanol–water partition coefficient (Wildman–Crippen LogP) is 5.39. The minimum atomic E-state index is 0.478. The van der Waals surface area contributed by atoms with Gasteiger partial charge in [0.25, 0.3) is 0 Å². The predicted molar refractivity (Wildman–Crippen MR) is 99.0 cm³/mol. The van der Waals surface area contributed by atoms with Crippen molar-refractivity contribution in [2.75, 3.05) is 0 Å². The van der Waals surface area contributed by atoms with Crippen molar-refractivity contribution in [3.8, 4) is 17.7 Å². The molecule has 3 rings (SSSR count). The van der Waals surface area contributed by atoms with E-state index in [4.69, 9.17) is 21.6 Å². The van der Waals surface area contributed by atoms with Crippen molar-refractivity contribution < 1.29 is 4.74 Å². The van der Waals surface area contributed by atoms with Gasteiger partial charge in [0.1, 0.15) is 5.75 Å². The van der Waals surface area contributed by atoms with Gasteiger partial charge >= 0.3 is 0 Å². The number of halogens is 1. The SMILES string of the molecule is Cc1cc(Oc2ccc(Cl)cc2)nc(SCc2ccccc2C#N)n1. The Morgan fingerprint density at radius 2 is 1.88 bits per heavy atom. The van der Waals surface area contributed by atoms with Gasteiger partial charge in [0.05, 0.1) is 11.6 Å². The Labute approximate surface area is 155 Å². The van der Waals surface area contributed by atoms with Crippen molar-refractivity contribution in [3.63, 3.8) is 0 Å². The molecule has 0 fully saturated rings. The Balaban J connectivity index is 1.75. The standard InChI is InChI=1S/C19H14ClN3OS/c1-13-10-18(24-17-8-6-16(20)7-9-17)23-19(22-13)25-12-15-5-3-2-4-14(15)11-21/h2-10H,12H2,1H3. The molecule has 1 heterocycles.